The van der Waals surface area contributed by atoms with E-state index in [0.717, 1.165) is 6.42 Å². The quantitative estimate of drug-likeness (QED) is 0.569. The van der Waals surface area contributed by atoms with E-state index in [-0.39, 0.29) is 38.3 Å². The molecule has 0 aromatic carbocycles. The Hall–Kier alpha value is -0.420. The molecule has 7 heteroatoms. The molecule has 0 amide bonds. The molecule has 0 spiro atoms. The number of hydrogen-bond donors (Lipinski definition) is 0. The van der Waals surface area contributed by atoms with Crippen LogP contribution in [0.2, 0.25) is 0 Å². The van der Waals surface area contributed by atoms with E-state index in [4.69, 9.17) is 18.3 Å². The Kier molecular flexibility index (Phi) is 3.59. The van der Waals surface area contributed by atoms with Gasteiger partial charge in [0.25, 0.3) is 0 Å². The number of phosphoric acid groups is 1. The Morgan fingerprint density at radius 2 is 1.88 bits per heavy atom. The van der Waals surface area contributed by atoms with E-state index in [1.165, 1.54) is 0 Å². The summed E-state index contributed by atoms with van der Waals surface area (Å²) in [6.07, 6.45) is 0.741. The van der Waals surface area contributed by atoms with Gasteiger partial charge in [0.15, 0.2) is 0 Å². The van der Waals surface area contributed by atoms with Gasteiger partial charge < -0.3 is 4.74 Å². The number of hydrogen-bond acceptors (Lipinski definition) is 6. The second-order valence-corrected chi connectivity index (χ2v) is 6.35. The van der Waals surface area contributed by atoms with Crippen molar-refractivity contribution in [1.29, 1.82) is 0 Å². The largest absolute Gasteiger partial charge is 0.474 e. The number of esters is 1. The van der Waals surface area contributed by atoms with E-state index < -0.39 is 13.2 Å². The van der Waals surface area contributed by atoms with Gasteiger partial charge in [0, 0.05) is 0 Å². The average Bonchev–Trinajstić information content (AvgIpc) is 2.37. The number of phosphoric ester groups is 1. The van der Waals surface area contributed by atoms with E-state index in [9.17, 15) is 9.36 Å². The lowest BCUT2D eigenvalue weighted by Gasteiger charge is -2.43. The molecule has 0 aromatic rings. The van der Waals surface area contributed by atoms with Crippen molar-refractivity contribution in [2.75, 3.05) is 26.4 Å². The van der Waals surface area contributed by atoms with Gasteiger partial charge in [-0.05, 0) is 6.42 Å². The van der Waals surface area contributed by atoms with Gasteiger partial charge in [-0.15, -0.1) is 0 Å². The Morgan fingerprint density at radius 1 is 1.35 bits per heavy atom. The SMILES string of the molecule is CCC(C)C(=O)OCC12COP(=O)(OC1)OC2. The summed E-state index contributed by atoms with van der Waals surface area (Å²) in [7, 11) is -3.28. The molecule has 0 aromatic heterocycles. The lowest BCUT2D eigenvalue weighted by atomic mass is 9.92. The topological polar surface area (TPSA) is 71.1 Å². The summed E-state index contributed by atoms with van der Waals surface area (Å²) in [6, 6.07) is 0. The van der Waals surface area contributed by atoms with E-state index in [0.29, 0.717) is 0 Å². The molecule has 3 fully saturated rings. The first-order valence-corrected chi connectivity index (χ1v) is 7.15. The summed E-state index contributed by atoms with van der Waals surface area (Å²) in [5.74, 6) is -0.353. The van der Waals surface area contributed by atoms with Crippen molar-refractivity contribution in [1.82, 2.24) is 0 Å². The number of fused-ring (bicyclic) bond motifs is 3. The second-order valence-electron chi connectivity index (χ2n) is 4.68. The molecule has 98 valence electrons. The summed E-state index contributed by atoms with van der Waals surface area (Å²) in [5.41, 5.74) is -0.505. The van der Waals surface area contributed by atoms with E-state index in [1.807, 2.05) is 13.8 Å². The maximum atomic E-state index is 11.6. The fourth-order valence-corrected chi connectivity index (χ4v) is 3.06. The predicted molar refractivity (Wildman–Crippen MR) is 58.3 cm³/mol. The molecule has 0 aliphatic carbocycles. The van der Waals surface area contributed by atoms with Crippen LogP contribution in [0.15, 0.2) is 0 Å². The summed E-state index contributed by atoms with van der Waals surface area (Å²) >= 11 is 0. The van der Waals surface area contributed by atoms with Crippen LogP contribution in [0.25, 0.3) is 0 Å². The van der Waals surface area contributed by atoms with Gasteiger partial charge in [0.1, 0.15) is 6.61 Å². The standard InChI is InChI=1S/C10H17O6P/c1-3-8(2)9(11)13-4-10-5-14-17(12,15-6-10)16-7-10/h8H,3-7H2,1-2H3. The minimum atomic E-state index is -3.28. The Labute approximate surface area is 100 Å². The summed E-state index contributed by atoms with van der Waals surface area (Å²) in [5, 5.41) is 0. The molecular weight excluding hydrogens is 247 g/mol. The van der Waals surface area contributed by atoms with Crippen LogP contribution in [-0.4, -0.2) is 32.4 Å². The van der Waals surface area contributed by atoms with Gasteiger partial charge in [-0.3, -0.25) is 18.4 Å². The maximum absolute atomic E-state index is 11.6. The highest BCUT2D eigenvalue weighted by atomic mass is 31.2. The number of carbonyl (C=O) groups is 1. The van der Waals surface area contributed by atoms with Crippen LogP contribution in [0, 0.1) is 11.3 Å². The van der Waals surface area contributed by atoms with Crippen molar-refractivity contribution in [2.24, 2.45) is 11.3 Å². The van der Waals surface area contributed by atoms with Crippen molar-refractivity contribution in [2.45, 2.75) is 20.3 Å². The summed E-state index contributed by atoms with van der Waals surface area (Å²) < 4.78 is 31.7. The molecule has 3 aliphatic rings. The van der Waals surface area contributed by atoms with Gasteiger partial charge in [-0.1, -0.05) is 13.8 Å². The van der Waals surface area contributed by atoms with E-state index >= 15 is 0 Å². The maximum Gasteiger partial charge on any atom is 0.474 e. The van der Waals surface area contributed by atoms with Gasteiger partial charge in [-0.25, -0.2) is 4.57 Å². The third-order valence-electron chi connectivity index (χ3n) is 3.12. The molecule has 1 unspecified atom stereocenters. The molecular formula is C10H17O6P. The molecule has 1 atom stereocenters. The molecule has 2 bridgehead atoms. The fourth-order valence-electron chi connectivity index (χ4n) is 1.54. The molecule has 3 saturated heterocycles. The highest BCUT2D eigenvalue weighted by Crippen LogP contribution is 2.59. The smallest absolute Gasteiger partial charge is 0.465 e. The number of carbonyl (C=O) groups excluding carboxylic acids is 1. The van der Waals surface area contributed by atoms with Gasteiger partial charge in [0.05, 0.1) is 31.2 Å². The Balaban J connectivity index is 1.87. The number of ether oxygens (including phenoxy) is 1. The molecule has 3 aliphatic heterocycles. The van der Waals surface area contributed by atoms with Crippen LogP contribution in [-0.2, 0) is 27.7 Å². The predicted octanol–water partition coefficient (Wildman–Crippen LogP) is 1.75. The lowest BCUT2D eigenvalue weighted by Crippen LogP contribution is -2.48. The van der Waals surface area contributed by atoms with Crippen LogP contribution in [0.1, 0.15) is 20.3 Å². The van der Waals surface area contributed by atoms with Gasteiger partial charge in [-0.2, -0.15) is 0 Å². The van der Waals surface area contributed by atoms with Crippen LogP contribution in [0.3, 0.4) is 0 Å². The third kappa shape index (κ3) is 2.71. The van der Waals surface area contributed by atoms with Crippen molar-refractivity contribution in [3.63, 3.8) is 0 Å². The second kappa shape index (κ2) is 4.69. The third-order valence-corrected chi connectivity index (χ3v) is 4.46. The molecule has 3 rings (SSSR count). The minimum Gasteiger partial charge on any atom is -0.465 e. The fraction of sp³-hybridized carbons (Fsp3) is 0.900. The van der Waals surface area contributed by atoms with Crippen LogP contribution < -0.4 is 0 Å². The Morgan fingerprint density at radius 3 is 2.35 bits per heavy atom. The normalized spacial score (nSPS) is 37.8. The average molecular weight is 264 g/mol. The molecule has 0 radical (unpaired) electrons. The first-order valence-electron chi connectivity index (χ1n) is 5.69. The highest BCUT2D eigenvalue weighted by Gasteiger charge is 2.51. The zero-order valence-corrected chi connectivity index (χ0v) is 10.9. The van der Waals surface area contributed by atoms with Crippen LogP contribution >= 0.6 is 7.82 Å². The lowest BCUT2D eigenvalue weighted by molar-refractivity contribution is -0.163. The van der Waals surface area contributed by atoms with Crippen molar-refractivity contribution in [3.05, 3.63) is 0 Å². The first kappa shape index (κ1) is 13.0. The minimum absolute atomic E-state index is 0.118. The van der Waals surface area contributed by atoms with Crippen molar-refractivity contribution < 1.29 is 27.7 Å². The monoisotopic (exact) mass is 264 g/mol. The number of rotatable bonds is 4. The van der Waals surface area contributed by atoms with Crippen molar-refractivity contribution in [3.8, 4) is 0 Å². The summed E-state index contributed by atoms with van der Waals surface area (Å²) in [4.78, 5) is 11.6. The van der Waals surface area contributed by atoms with Gasteiger partial charge in [0.2, 0.25) is 0 Å². The molecule has 6 nitrogen and oxygen atoms in total. The van der Waals surface area contributed by atoms with E-state index in [2.05, 4.69) is 0 Å². The van der Waals surface area contributed by atoms with Gasteiger partial charge >= 0.3 is 13.8 Å². The molecule has 17 heavy (non-hydrogen) atoms. The Bertz CT molecular complexity index is 323. The molecule has 0 saturated carbocycles. The zero-order chi connectivity index (χ0) is 12.5. The van der Waals surface area contributed by atoms with Crippen molar-refractivity contribution >= 4 is 13.8 Å². The van der Waals surface area contributed by atoms with E-state index in [1.54, 1.807) is 0 Å². The van der Waals surface area contributed by atoms with Crippen LogP contribution in [0.4, 0.5) is 0 Å². The molecule has 3 heterocycles. The summed E-state index contributed by atoms with van der Waals surface area (Å²) in [6.45, 7) is 4.67. The first-order chi connectivity index (χ1) is 7.99. The zero-order valence-electron chi connectivity index (χ0n) is 10.0. The molecule has 0 N–H and O–H groups in total. The highest BCUT2D eigenvalue weighted by molar-refractivity contribution is 7.48. The van der Waals surface area contributed by atoms with Crippen LogP contribution in [0.5, 0.6) is 0 Å².